The van der Waals surface area contributed by atoms with Crippen molar-refractivity contribution in [3.05, 3.63) is 0 Å². The van der Waals surface area contributed by atoms with Crippen LogP contribution in [0.3, 0.4) is 0 Å². The minimum absolute atomic E-state index is 0.297. The molecule has 4 heteroatoms. The van der Waals surface area contributed by atoms with Gasteiger partial charge in [-0.05, 0) is 12.5 Å². The van der Waals surface area contributed by atoms with Crippen LogP contribution < -0.4 is 5.73 Å². The van der Waals surface area contributed by atoms with E-state index in [-0.39, 0.29) is 0 Å². The summed E-state index contributed by atoms with van der Waals surface area (Å²) in [5, 5.41) is 0. The summed E-state index contributed by atoms with van der Waals surface area (Å²) >= 11 is 1.86. The second-order valence-corrected chi connectivity index (χ2v) is 4.77. The lowest BCUT2D eigenvalue weighted by atomic mass is 10.1. The van der Waals surface area contributed by atoms with Crippen molar-refractivity contribution in [3.8, 4) is 0 Å². The van der Waals surface area contributed by atoms with Gasteiger partial charge in [0.15, 0.2) is 0 Å². The molecule has 1 fully saturated rings. The summed E-state index contributed by atoms with van der Waals surface area (Å²) in [6.07, 6.45) is 0.696. The Morgan fingerprint density at radius 2 is 2.38 bits per heavy atom. The van der Waals surface area contributed by atoms with Gasteiger partial charge >= 0.3 is 0 Å². The first-order valence-corrected chi connectivity index (χ1v) is 5.95. The van der Waals surface area contributed by atoms with E-state index in [9.17, 15) is 4.79 Å². The Morgan fingerprint density at radius 1 is 1.62 bits per heavy atom. The average Bonchev–Trinajstić information content (AvgIpc) is 2.32. The van der Waals surface area contributed by atoms with Crippen LogP contribution in [0.5, 0.6) is 0 Å². The molecule has 0 spiro atoms. The van der Waals surface area contributed by atoms with Crippen LogP contribution in [0.2, 0.25) is 0 Å². The van der Waals surface area contributed by atoms with Crippen molar-refractivity contribution in [1.29, 1.82) is 0 Å². The van der Waals surface area contributed by atoms with Crippen LogP contribution in [0.25, 0.3) is 0 Å². The van der Waals surface area contributed by atoms with Crippen LogP contribution in [0.15, 0.2) is 0 Å². The third-order valence-electron chi connectivity index (χ3n) is 2.25. The highest BCUT2D eigenvalue weighted by molar-refractivity contribution is 7.99. The third kappa shape index (κ3) is 3.56. The van der Waals surface area contributed by atoms with Gasteiger partial charge in [-0.25, -0.2) is 0 Å². The van der Waals surface area contributed by atoms with Gasteiger partial charge in [0.2, 0.25) is 5.91 Å². The van der Waals surface area contributed by atoms with Crippen molar-refractivity contribution in [2.75, 3.05) is 31.1 Å². The topological polar surface area (TPSA) is 46.3 Å². The van der Waals surface area contributed by atoms with Crippen molar-refractivity contribution < 1.29 is 4.79 Å². The predicted octanol–water partition coefficient (Wildman–Crippen LogP) is 0.547. The van der Waals surface area contributed by atoms with Crippen LogP contribution >= 0.6 is 11.8 Å². The number of nitrogens with two attached hydrogens (primary N) is 1. The molecule has 0 saturated carbocycles. The Balaban J connectivity index is 2.40. The molecule has 1 heterocycles. The monoisotopic (exact) mass is 202 g/mol. The van der Waals surface area contributed by atoms with Gasteiger partial charge in [-0.1, -0.05) is 6.92 Å². The highest BCUT2D eigenvalue weighted by atomic mass is 32.2. The van der Waals surface area contributed by atoms with Crippen molar-refractivity contribution in [1.82, 2.24) is 4.90 Å². The summed E-state index contributed by atoms with van der Waals surface area (Å²) in [6.45, 7) is 4.48. The molecule has 1 unspecified atom stereocenters. The number of carbonyl (C=O) groups excluding carboxylic acids is 1. The first kappa shape index (κ1) is 10.9. The summed E-state index contributed by atoms with van der Waals surface area (Å²) < 4.78 is 0. The zero-order valence-electron chi connectivity index (χ0n) is 8.16. The lowest BCUT2D eigenvalue weighted by Crippen LogP contribution is -2.37. The number of hydrogen-bond donors (Lipinski definition) is 1. The zero-order valence-corrected chi connectivity index (χ0v) is 8.98. The van der Waals surface area contributed by atoms with Crippen molar-refractivity contribution in [2.24, 2.45) is 11.7 Å². The minimum atomic E-state index is 0.297. The molecule has 1 rings (SSSR count). The first-order valence-electron chi connectivity index (χ1n) is 4.79. The van der Waals surface area contributed by atoms with E-state index in [1.807, 2.05) is 16.7 Å². The van der Waals surface area contributed by atoms with Gasteiger partial charge < -0.3 is 10.6 Å². The molecule has 0 radical (unpaired) electrons. The number of amides is 1. The van der Waals surface area contributed by atoms with Crippen molar-refractivity contribution in [2.45, 2.75) is 13.3 Å². The van der Waals surface area contributed by atoms with Gasteiger partial charge in [0.25, 0.3) is 0 Å². The summed E-state index contributed by atoms with van der Waals surface area (Å²) in [7, 11) is 0. The fraction of sp³-hybridized carbons (Fsp3) is 0.889. The molecule has 0 aromatic carbocycles. The molecule has 1 saturated heterocycles. The lowest BCUT2D eigenvalue weighted by molar-refractivity contribution is -0.130. The molecule has 3 nitrogen and oxygen atoms in total. The normalized spacial score (nSPS) is 21.4. The number of rotatable bonds is 3. The fourth-order valence-corrected chi connectivity index (χ4v) is 2.24. The van der Waals surface area contributed by atoms with Crippen LogP contribution in [-0.4, -0.2) is 41.9 Å². The predicted molar refractivity (Wildman–Crippen MR) is 56.7 cm³/mol. The lowest BCUT2D eigenvalue weighted by Gasteiger charge is -2.23. The SMILES string of the molecule is CC(CN)CN1CCSCCC1=O. The van der Waals surface area contributed by atoms with Gasteiger partial charge in [0.1, 0.15) is 0 Å². The molecule has 1 aliphatic heterocycles. The Morgan fingerprint density at radius 3 is 3.08 bits per heavy atom. The van der Waals surface area contributed by atoms with E-state index in [1.54, 1.807) is 0 Å². The highest BCUT2D eigenvalue weighted by Crippen LogP contribution is 2.12. The molecule has 1 aliphatic rings. The maximum atomic E-state index is 11.5. The second kappa shape index (κ2) is 5.50. The summed E-state index contributed by atoms with van der Waals surface area (Å²) in [5.41, 5.74) is 5.53. The van der Waals surface area contributed by atoms with Crippen LogP contribution in [0.1, 0.15) is 13.3 Å². The minimum Gasteiger partial charge on any atom is -0.342 e. The van der Waals surface area contributed by atoms with E-state index < -0.39 is 0 Å². The number of hydrogen-bond acceptors (Lipinski definition) is 3. The largest absolute Gasteiger partial charge is 0.342 e. The Kier molecular flexibility index (Phi) is 4.59. The molecule has 0 aromatic rings. The van der Waals surface area contributed by atoms with E-state index in [4.69, 9.17) is 5.73 Å². The molecule has 0 aromatic heterocycles. The molecule has 1 amide bonds. The number of nitrogens with zero attached hydrogens (tertiary/aromatic N) is 1. The van der Waals surface area contributed by atoms with Gasteiger partial charge in [-0.3, -0.25) is 4.79 Å². The van der Waals surface area contributed by atoms with Crippen molar-refractivity contribution in [3.63, 3.8) is 0 Å². The number of thioether (sulfide) groups is 1. The van der Waals surface area contributed by atoms with E-state index in [2.05, 4.69) is 6.92 Å². The van der Waals surface area contributed by atoms with E-state index in [1.165, 1.54) is 0 Å². The number of carbonyl (C=O) groups is 1. The quantitative estimate of drug-likeness (QED) is 0.727. The first-order chi connectivity index (χ1) is 6.24. The molecule has 76 valence electrons. The molecule has 1 atom stereocenters. The van der Waals surface area contributed by atoms with Gasteiger partial charge in [-0.2, -0.15) is 11.8 Å². The molecule has 2 N–H and O–H groups in total. The van der Waals surface area contributed by atoms with Crippen LogP contribution in [0.4, 0.5) is 0 Å². The highest BCUT2D eigenvalue weighted by Gasteiger charge is 2.17. The molecule has 0 bridgehead atoms. The molecular formula is C9H18N2OS. The molecular weight excluding hydrogens is 184 g/mol. The molecule has 13 heavy (non-hydrogen) atoms. The van der Waals surface area contributed by atoms with Gasteiger partial charge in [0, 0.05) is 31.0 Å². The van der Waals surface area contributed by atoms with Crippen LogP contribution in [0, 0.1) is 5.92 Å². The average molecular weight is 202 g/mol. The second-order valence-electron chi connectivity index (χ2n) is 3.54. The maximum Gasteiger partial charge on any atom is 0.223 e. The van der Waals surface area contributed by atoms with Crippen LogP contribution in [-0.2, 0) is 4.79 Å². The summed E-state index contributed by atoms with van der Waals surface area (Å²) in [5.74, 6) is 2.77. The van der Waals surface area contributed by atoms with Gasteiger partial charge in [-0.15, -0.1) is 0 Å². The van der Waals surface area contributed by atoms with Gasteiger partial charge in [0.05, 0.1) is 0 Å². The van der Waals surface area contributed by atoms with E-state index in [0.717, 1.165) is 24.6 Å². The zero-order chi connectivity index (χ0) is 9.68. The Labute approximate surface area is 84.0 Å². The molecule has 0 aliphatic carbocycles. The standard InChI is InChI=1S/C9H18N2OS/c1-8(6-10)7-11-3-5-13-4-2-9(11)12/h8H,2-7,10H2,1H3. The van der Waals surface area contributed by atoms with E-state index >= 15 is 0 Å². The Bertz CT molecular complexity index is 175. The maximum absolute atomic E-state index is 11.5. The van der Waals surface area contributed by atoms with Crippen molar-refractivity contribution >= 4 is 17.7 Å². The van der Waals surface area contributed by atoms with E-state index in [0.29, 0.717) is 24.8 Å². The summed E-state index contributed by atoms with van der Waals surface area (Å²) in [4.78, 5) is 13.5. The third-order valence-corrected chi connectivity index (χ3v) is 3.22. The fourth-order valence-electron chi connectivity index (χ4n) is 1.36. The Hall–Kier alpha value is -0.220. The smallest absolute Gasteiger partial charge is 0.223 e. The summed E-state index contributed by atoms with van der Waals surface area (Å²) in [6, 6.07) is 0.